The number of nitrogens with one attached hydrogen (secondary N) is 1. The van der Waals surface area contributed by atoms with E-state index in [1.807, 2.05) is 0 Å². The van der Waals surface area contributed by atoms with Crippen LogP contribution in [0.15, 0.2) is 40.4 Å². The topological polar surface area (TPSA) is 144 Å². The first-order valence-electron chi connectivity index (χ1n) is 8.19. The normalized spacial score (nSPS) is 11.5. The number of benzene rings is 1. The summed E-state index contributed by atoms with van der Waals surface area (Å²) in [6, 6.07) is 7.57. The lowest BCUT2D eigenvalue weighted by Gasteiger charge is -2.18. The summed E-state index contributed by atoms with van der Waals surface area (Å²) < 4.78 is 26.5. The molecular formula is C16H22N6O3S2. The van der Waals surface area contributed by atoms with Gasteiger partial charge >= 0.3 is 0 Å². The van der Waals surface area contributed by atoms with Gasteiger partial charge in [-0.1, -0.05) is 31.7 Å². The van der Waals surface area contributed by atoms with Crippen molar-refractivity contribution in [3.8, 4) is 0 Å². The van der Waals surface area contributed by atoms with Crippen LogP contribution >= 0.6 is 11.8 Å². The van der Waals surface area contributed by atoms with Gasteiger partial charge in [-0.15, -0.1) is 0 Å². The molecule has 5 N–H and O–H groups in total. The molecule has 146 valence electrons. The van der Waals surface area contributed by atoms with Gasteiger partial charge in [0.2, 0.25) is 15.9 Å². The molecule has 9 nitrogen and oxygen atoms in total. The molecule has 0 unspecified atom stereocenters. The van der Waals surface area contributed by atoms with E-state index in [1.165, 1.54) is 22.5 Å². The third kappa shape index (κ3) is 5.55. The molecule has 0 aliphatic carbocycles. The van der Waals surface area contributed by atoms with E-state index >= 15 is 0 Å². The van der Waals surface area contributed by atoms with E-state index in [-0.39, 0.29) is 28.2 Å². The number of aromatic nitrogens is 2. The van der Waals surface area contributed by atoms with E-state index in [1.54, 1.807) is 26.0 Å². The number of hydrogen-bond donors (Lipinski definition) is 3. The lowest BCUT2D eigenvalue weighted by molar-refractivity contribution is -0.113. The zero-order valence-electron chi connectivity index (χ0n) is 15.0. The van der Waals surface area contributed by atoms with Crippen LogP contribution in [-0.4, -0.2) is 47.4 Å². The highest BCUT2D eigenvalue weighted by Crippen LogP contribution is 2.21. The number of nitrogens with zero attached hydrogens (tertiary/aromatic N) is 3. The summed E-state index contributed by atoms with van der Waals surface area (Å²) in [4.78, 5) is 20.2. The molecule has 27 heavy (non-hydrogen) atoms. The van der Waals surface area contributed by atoms with Gasteiger partial charge in [-0.05, 0) is 18.2 Å². The Balaban J connectivity index is 2.06. The second kappa shape index (κ2) is 9.02. The maximum Gasteiger partial charge on any atom is 0.243 e. The number of nitrogens with two attached hydrogens (primary N) is 2. The van der Waals surface area contributed by atoms with E-state index in [4.69, 9.17) is 11.5 Å². The summed E-state index contributed by atoms with van der Waals surface area (Å²) in [5.74, 6) is 0.136. The highest BCUT2D eigenvalue weighted by atomic mass is 32.2. The van der Waals surface area contributed by atoms with Crippen molar-refractivity contribution >= 4 is 45.0 Å². The number of carbonyl (C=O) groups excluding carboxylic acids is 1. The number of rotatable bonds is 8. The molecule has 0 spiro atoms. The molecule has 1 heterocycles. The molecule has 2 rings (SSSR count). The minimum atomic E-state index is -3.60. The van der Waals surface area contributed by atoms with Gasteiger partial charge in [0.05, 0.1) is 10.6 Å². The number of amides is 1. The zero-order chi connectivity index (χ0) is 20.0. The van der Waals surface area contributed by atoms with Crippen molar-refractivity contribution in [2.24, 2.45) is 0 Å². The van der Waals surface area contributed by atoms with Crippen LogP contribution < -0.4 is 16.8 Å². The van der Waals surface area contributed by atoms with Gasteiger partial charge in [0.1, 0.15) is 11.6 Å². The predicted octanol–water partition coefficient (Wildman–Crippen LogP) is 1.40. The Morgan fingerprint density at radius 3 is 2.37 bits per heavy atom. The molecule has 1 amide bonds. The molecule has 1 aromatic heterocycles. The third-order valence-corrected chi connectivity index (χ3v) is 6.43. The molecule has 0 aliphatic heterocycles. The molecule has 0 atom stereocenters. The van der Waals surface area contributed by atoms with Crippen molar-refractivity contribution < 1.29 is 13.2 Å². The predicted molar refractivity (Wildman–Crippen MR) is 107 cm³/mol. The Labute approximate surface area is 162 Å². The number of thioether (sulfide) groups is 1. The molecule has 0 saturated carbocycles. The molecule has 0 bridgehead atoms. The second-order valence-electron chi connectivity index (χ2n) is 5.45. The molecule has 0 radical (unpaired) electrons. The summed E-state index contributed by atoms with van der Waals surface area (Å²) in [5.41, 5.74) is 11.6. The smallest absolute Gasteiger partial charge is 0.243 e. The average Bonchev–Trinajstić information content (AvgIpc) is 2.60. The average molecular weight is 411 g/mol. The zero-order valence-corrected chi connectivity index (χ0v) is 16.7. The van der Waals surface area contributed by atoms with Crippen LogP contribution in [0.2, 0.25) is 0 Å². The van der Waals surface area contributed by atoms with Gasteiger partial charge in [0, 0.05) is 24.8 Å². The Kier molecular flexibility index (Phi) is 6.99. The first-order chi connectivity index (χ1) is 12.8. The fourth-order valence-electron chi connectivity index (χ4n) is 2.30. The highest BCUT2D eigenvalue weighted by molar-refractivity contribution is 7.99. The van der Waals surface area contributed by atoms with Crippen LogP contribution in [0.3, 0.4) is 0 Å². The summed E-state index contributed by atoms with van der Waals surface area (Å²) in [7, 11) is -3.60. The number of anilines is 3. The number of hydrogen-bond acceptors (Lipinski definition) is 8. The third-order valence-electron chi connectivity index (χ3n) is 3.54. The number of sulfonamides is 1. The van der Waals surface area contributed by atoms with Gasteiger partial charge in [0.15, 0.2) is 5.16 Å². The maximum atomic E-state index is 12.6. The van der Waals surface area contributed by atoms with Crippen LogP contribution in [-0.2, 0) is 14.8 Å². The van der Waals surface area contributed by atoms with E-state index < -0.39 is 10.0 Å². The summed E-state index contributed by atoms with van der Waals surface area (Å²) in [6.45, 7) is 4.29. The lowest BCUT2D eigenvalue weighted by atomic mass is 10.3. The molecule has 2 aromatic rings. The minimum Gasteiger partial charge on any atom is -0.383 e. The molecule has 0 aliphatic rings. The number of nitrogen functional groups attached to an aromatic ring is 2. The fraction of sp³-hybridized carbons (Fsp3) is 0.312. The molecule has 0 saturated heterocycles. The van der Waals surface area contributed by atoms with Crippen LogP contribution in [0, 0.1) is 0 Å². The van der Waals surface area contributed by atoms with Crippen molar-refractivity contribution in [3.63, 3.8) is 0 Å². The van der Waals surface area contributed by atoms with E-state index in [0.717, 1.165) is 11.8 Å². The quantitative estimate of drug-likeness (QED) is 0.437. The Morgan fingerprint density at radius 2 is 1.78 bits per heavy atom. The Bertz CT molecular complexity index is 896. The Morgan fingerprint density at radius 1 is 1.15 bits per heavy atom. The van der Waals surface area contributed by atoms with E-state index in [9.17, 15) is 13.2 Å². The van der Waals surface area contributed by atoms with Gasteiger partial charge in [-0.3, -0.25) is 4.79 Å². The monoisotopic (exact) mass is 410 g/mol. The highest BCUT2D eigenvalue weighted by Gasteiger charge is 2.21. The molecule has 11 heteroatoms. The van der Waals surface area contributed by atoms with Crippen LogP contribution in [0.4, 0.5) is 17.3 Å². The first-order valence-corrected chi connectivity index (χ1v) is 10.6. The Hall–Kier alpha value is -2.37. The standard InChI is InChI=1S/C16H22N6O3S2/c1-3-22(4-2)27(24,25)12-7-5-6-11(8-12)19-15(23)10-26-16-20-13(17)9-14(18)21-16/h5-9H,3-4,10H2,1-2H3,(H,19,23)(H4,17,18,20,21). The van der Waals surface area contributed by atoms with Gasteiger partial charge in [-0.2, -0.15) is 4.31 Å². The maximum absolute atomic E-state index is 12.6. The van der Waals surface area contributed by atoms with Gasteiger partial charge in [-0.25, -0.2) is 18.4 Å². The van der Waals surface area contributed by atoms with Crippen molar-refractivity contribution in [2.75, 3.05) is 35.6 Å². The summed E-state index contributed by atoms with van der Waals surface area (Å²) >= 11 is 1.08. The van der Waals surface area contributed by atoms with Crippen LogP contribution in [0.25, 0.3) is 0 Å². The molecular weight excluding hydrogens is 388 g/mol. The van der Waals surface area contributed by atoms with Crippen molar-refractivity contribution in [3.05, 3.63) is 30.3 Å². The molecule has 0 fully saturated rings. The SMILES string of the molecule is CCN(CC)S(=O)(=O)c1cccc(NC(=O)CSc2nc(N)cc(N)n2)c1. The molecule has 1 aromatic carbocycles. The lowest BCUT2D eigenvalue weighted by Crippen LogP contribution is -2.30. The largest absolute Gasteiger partial charge is 0.383 e. The minimum absolute atomic E-state index is 0.0237. The van der Waals surface area contributed by atoms with Crippen molar-refractivity contribution in [1.29, 1.82) is 0 Å². The summed E-state index contributed by atoms with van der Waals surface area (Å²) in [5, 5.41) is 2.96. The number of carbonyl (C=O) groups is 1. The van der Waals surface area contributed by atoms with Crippen molar-refractivity contribution in [2.45, 2.75) is 23.9 Å². The van der Waals surface area contributed by atoms with Crippen LogP contribution in [0.5, 0.6) is 0 Å². The first kappa shape index (κ1) is 20.9. The second-order valence-corrected chi connectivity index (χ2v) is 8.33. The van der Waals surface area contributed by atoms with Gasteiger partial charge in [0.25, 0.3) is 0 Å². The van der Waals surface area contributed by atoms with E-state index in [2.05, 4.69) is 15.3 Å². The summed E-state index contributed by atoms with van der Waals surface area (Å²) in [6.07, 6.45) is 0. The van der Waals surface area contributed by atoms with Crippen LogP contribution in [0.1, 0.15) is 13.8 Å². The van der Waals surface area contributed by atoms with Gasteiger partial charge < -0.3 is 16.8 Å². The fourth-order valence-corrected chi connectivity index (χ4v) is 4.48. The van der Waals surface area contributed by atoms with E-state index in [0.29, 0.717) is 23.9 Å². The van der Waals surface area contributed by atoms with Crippen molar-refractivity contribution in [1.82, 2.24) is 14.3 Å².